The first-order valence-corrected chi connectivity index (χ1v) is 4.58. The van der Waals surface area contributed by atoms with Crippen LogP contribution in [0, 0.1) is 5.82 Å². The summed E-state index contributed by atoms with van der Waals surface area (Å²) in [6.45, 7) is 0. The van der Waals surface area contributed by atoms with Gasteiger partial charge in [0.15, 0.2) is 0 Å². The summed E-state index contributed by atoms with van der Waals surface area (Å²) >= 11 is 5.67. The second-order valence-electron chi connectivity index (χ2n) is 2.96. The van der Waals surface area contributed by atoms with E-state index < -0.39 is 11.7 Å². The van der Waals surface area contributed by atoms with Gasteiger partial charge >= 0.3 is 0 Å². The zero-order chi connectivity index (χ0) is 11.4. The lowest BCUT2D eigenvalue weighted by molar-refractivity contribution is -0.117. The topological polar surface area (TPSA) is 69.1 Å². The van der Waals surface area contributed by atoms with Crippen LogP contribution in [-0.4, -0.2) is 5.91 Å². The Balaban J connectivity index is 2.94. The number of carbonyl (C=O) groups excluding carboxylic acids is 1. The van der Waals surface area contributed by atoms with Crippen molar-refractivity contribution in [2.75, 3.05) is 5.73 Å². The van der Waals surface area contributed by atoms with E-state index in [1.165, 1.54) is 18.2 Å². The number of halogens is 2. The van der Waals surface area contributed by atoms with Gasteiger partial charge in [0, 0.05) is 12.0 Å². The molecule has 15 heavy (non-hydrogen) atoms. The van der Waals surface area contributed by atoms with Gasteiger partial charge in [0.25, 0.3) is 0 Å². The maximum Gasteiger partial charge on any atom is 0.221 e. The molecule has 1 aromatic carbocycles. The molecule has 0 aliphatic rings. The first kappa shape index (κ1) is 11.5. The smallest absolute Gasteiger partial charge is 0.221 e. The highest BCUT2D eigenvalue weighted by atomic mass is 35.5. The molecular formula is C10H10ClFN2O. The van der Waals surface area contributed by atoms with Gasteiger partial charge in [-0.1, -0.05) is 23.8 Å². The van der Waals surface area contributed by atoms with Crippen molar-refractivity contribution >= 4 is 29.3 Å². The maximum absolute atomic E-state index is 12.9. The Labute approximate surface area is 91.5 Å². The molecule has 0 saturated heterocycles. The predicted molar refractivity (Wildman–Crippen MR) is 58.7 cm³/mol. The number of nitrogen functional groups attached to an aromatic ring is 1. The molecule has 1 amide bonds. The number of benzene rings is 1. The number of primary amides is 1. The molecule has 0 atom stereocenters. The van der Waals surface area contributed by atoms with Crippen LogP contribution in [0.25, 0.3) is 6.08 Å². The van der Waals surface area contributed by atoms with Gasteiger partial charge in [-0.05, 0) is 12.1 Å². The van der Waals surface area contributed by atoms with E-state index in [9.17, 15) is 9.18 Å². The molecule has 0 unspecified atom stereocenters. The van der Waals surface area contributed by atoms with Crippen LogP contribution in [0.15, 0.2) is 18.2 Å². The molecule has 0 aromatic heterocycles. The highest BCUT2D eigenvalue weighted by Gasteiger charge is 2.03. The lowest BCUT2D eigenvalue weighted by Crippen LogP contribution is -2.07. The van der Waals surface area contributed by atoms with Gasteiger partial charge in [-0.3, -0.25) is 4.79 Å². The van der Waals surface area contributed by atoms with E-state index in [2.05, 4.69) is 0 Å². The molecule has 0 aliphatic carbocycles. The zero-order valence-electron chi connectivity index (χ0n) is 7.84. The van der Waals surface area contributed by atoms with Crippen molar-refractivity contribution in [1.29, 1.82) is 0 Å². The first-order chi connectivity index (χ1) is 7.00. The summed E-state index contributed by atoms with van der Waals surface area (Å²) in [6, 6.07) is 2.36. The first-order valence-electron chi connectivity index (χ1n) is 4.20. The minimum Gasteiger partial charge on any atom is -0.397 e. The van der Waals surface area contributed by atoms with Gasteiger partial charge in [-0.25, -0.2) is 4.39 Å². The normalized spacial score (nSPS) is 10.8. The van der Waals surface area contributed by atoms with Gasteiger partial charge < -0.3 is 11.5 Å². The van der Waals surface area contributed by atoms with Crippen LogP contribution in [-0.2, 0) is 4.79 Å². The number of anilines is 1. The van der Waals surface area contributed by atoms with Crippen molar-refractivity contribution in [2.24, 2.45) is 5.73 Å². The molecule has 0 aliphatic heterocycles. The molecule has 0 spiro atoms. The third-order valence-corrected chi connectivity index (χ3v) is 2.06. The van der Waals surface area contributed by atoms with E-state index in [-0.39, 0.29) is 17.1 Å². The van der Waals surface area contributed by atoms with Crippen molar-refractivity contribution < 1.29 is 9.18 Å². The summed E-state index contributed by atoms with van der Waals surface area (Å²) in [4.78, 5) is 10.4. The molecule has 0 radical (unpaired) electrons. The third kappa shape index (κ3) is 3.25. The average molecular weight is 229 g/mol. The molecular weight excluding hydrogens is 219 g/mol. The van der Waals surface area contributed by atoms with E-state index in [1.54, 1.807) is 0 Å². The lowest BCUT2D eigenvalue weighted by atomic mass is 10.1. The summed E-state index contributed by atoms with van der Waals surface area (Å²) in [5.74, 6) is -0.944. The van der Waals surface area contributed by atoms with Crippen molar-refractivity contribution in [3.63, 3.8) is 0 Å². The molecule has 0 heterocycles. The number of nitrogens with two attached hydrogens (primary N) is 2. The molecule has 0 fully saturated rings. The molecule has 5 heteroatoms. The van der Waals surface area contributed by atoms with Crippen LogP contribution in [0.4, 0.5) is 10.1 Å². The number of carbonyl (C=O) groups is 1. The molecule has 3 nitrogen and oxygen atoms in total. The second kappa shape index (κ2) is 4.79. The molecule has 1 aromatic rings. The van der Waals surface area contributed by atoms with Gasteiger partial charge in [0.2, 0.25) is 5.91 Å². The fourth-order valence-electron chi connectivity index (χ4n) is 1.04. The molecule has 80 valence electrons. The SMILES string of the molecule is NC(=O)CC=Cc1cc(F)cc(Cl)c1N. The van der Waals surface area contributed by atoms with Crippen molar-refractivity contribution in [3.8, 4) is 0 Å². The Kier molecular flexibility index (Phi) is 3.68. The van der Waals surface area contributed by atoms with Crippen molar-refractivity contribution in [3.05, 3.63) is 34.6 Å². The predicted octanol–water partition coefficient (Wildman–Crippen LogP) is 1.95. The maximum atomic E-state index is 12.9. The van der Waals surface area contributed by atoms with Crippen LogP contribution in [0.2, 0.25) is 5.02 Å². The highest BCUT2D eigenvalue weighted by Crippen LogP contribution is 2.25. The highest BCUT2D eigenvalue weighted by molar-refractivity contribution is 6.33. The summed E-state index contributed by atoms with van der Waals surface area (Å²) in [7, 11) is 0. The Hall–Kier alpha value is -1.55. The summed E-state index contributed by atoms with van der Waals surface area (Å²) in [6.07, 6.45) is 3.09. The average Bonchev–Trinajstić information content (AvgIpc) is 2.12. The number of amides is 1. The van der Waals surface area contributed by atoms with Crippen LogP contribution in [0.1, 0.15) is 12.0 Å². The Morgan fingerprint density at radius 3 is 2.80 bits per heavy atom. The van der Waals surface area contributed by atoms with Gasteiger partial charge in [-0.2, -0.15) is 0 Å². The van der Waals surface area contributed by atoms with Crippen LogP contribution >= 0.6 is 11.6 Å². The Morgan fingerprint density at radius 2 is 2.20 bits per heavy atom. The van der Waals surface area contributed by atoms with Crippen LogP contribution in [0.3, 0.4) is 0 Å². The van der Waals surface area contributed by atoms with Crippen LogP contribution in [0.5, 0.6) is 0 Å². The van der Waals surface area contributed by atoms with Gasteiger partial charge in [-0.15, -0.1) is 0 Å². The van der Waals surface area contributed by atoms with Crippen molar-refractivity contribution in [2.45, 2.75) is 6.42 Å². The fraction of sp³-hybridized carbons (Fsp3) is 0.100. The number of rotatable bonds is 3. The Bertz CT molecular complexity index is 418. The molecule has 1 rings (SSSR count). The van der Waals surface area contributed by atoms with Gasteiger partial charge in [0.05, 0.1) is 10.7 Å². The quantitative estimate of drug-likeness (QED) is 0.777. The van der Waals surface area contributed by atoms with E-state index in [0.717, 1.165) is 6.07 Å². The van der Waals surface area contributed by atoms with E-state index in [4.69, 9.17) is 23.1 Å². The number of hydrogen-bond donors (Lipinski definition) is 2. The third-order valence-electron chi connectivity index (χ3n) is 1.74. The summed E-state index contributed by atoms with van der Waals surface area (Å²) in [5, 5.41) is 0.147. The minimum atomic E-state index is -0.479. The second-order valence-corrected chi connectivity index (χ2v) is 3.37. The minimum absolute atomic E-state index is 0.0770. The largest absolute Gasteiger partial charge is 0.397 e. The number of hydrogen-bond acceptors (Lipinski definition) is 2. The van der Waals surface area contributed by atoms with Crippen molar-refractivity contribution in [1.82, 2.24) is 0 Å². The summed E-state index contributed by atoms with van der Waals surface area (Å²) < 4.78 is 12.9. The summed E-state index contributed by atoms with van der Waals surface area (Å²) in [5.41, 5.74) is 11.2. The van der Waals surface area contributed by atoms with E-state index >= 15 is 0 Å². The lowest BCUT2D eigenvalue weighted by Gasteiger charge is -2.02. The molecule has 0 bridgehead atoms. The Morgan fingerprint density at radius 1 is 1.53 bits per heavy atom. The monoisotopic (exact) mass is 228 g/mol. The van der Waals surface area contributed by atoms with Crippen LogP contribution < -0.4 is 11.5 Å². The van der Waals surface area contributed by atoms with E-state index in [0.29, 0.717) is 5.56 Å². The zero-order valence-corrected chi connectivity index (χ0v) is 8.59. The fourth-order valence-corrected chi connectivity index (χ4v) is 1.26. The standard InChI is InChI=1S/C10H10ClFN2O/c11-8-5-7(12)4-6(10(8)14)2-1-3-9(13)15/h1-2,4-5H,3,14H2,(H2,13,15). The van der Waals surface area contributed by atoms with E-state index in [1.807, 2.05) is 0 Å². The molecule has 4 N–H and O–H groups in total. The van der Waals surface area contributed by atoms with Gasteiger partial charge in [0.1, 0.15) is 5.82 Å². The molecule has 0 saturated carbocycles.